The van der Waals surface area contributed by atoms with Crippen LogP contribution in [0, 0.1) is 63.6 Å². The third-order valence-electron chi connectivity index (χ3n) is 17.8. The number of fused-ring (bicyclic) bond motifs is 1. The lowest BCUT2D eigenvalue weighted by Gasteiger charge is -2.59. The monoisotopic (exact) mass is 959 g/mol. The van der Waals surface area contributed by atoms with Gasteiger partial charge in [-0.15, -0.1) is 0 Å². The number of hydrogen-bond acceptors (Lipinski definition) is 13. The van der Waals surface area contributed by atoms with E-state index in [0.717, 1.165) is 63.7 Å². The van der Waals surface area contributed by atoms with Crippen molar-refractivity contribution in [2.75, 3.05) is 6.61 Å². The molecule has 7 saturated carbocycles. The van der Waals surface area contributed by atoms with Crippen LogP contribution >= 0.6 is 0 Å². The summed E-state index contributed by atoms with van der Waals surface area (Å²) in [5.74, 6) is 2.06. The Morgan fingerprint density at radius 3 is 1.76 bits per heavy atom. The summed E-state index contributed by atoms with van der Waals surface area (Å²) in [6, 6.07) is 0. The zero-order valence-corrected chi connectivity index (χ0v) is 44.4. The number of carbonyl (C=O) groups excluding carboxylic acids is 6. The van der Waals surface area contributed by atoms with Gasteiger partial charge in [-0.2, -0.15) is 0 Å². The molecule has 0 aromatic carbocycles. The molecule has 7 aliphatic carbocycles. The summed E-state index contributed by atoms with van der Waals surface area (Å²) >= 11 is 0. The van der Waals surface area contributed by atoms with E-state index >= 15 is 0 Å². The van der Waals surface area contributed by atoms with Gasteiger partial charge in [0.25, 0.3) is 0 Å². The molecule has 0 amide bonds. The van der Waals surface area contributed by atoms with Crippen LogP contribution in [-0.4, -0.2) is 82.6 Å². The number of ether oxygens (including phenoxy) is 6. The van der Waals surface area contributed by atoms with Gasteiger partial charge >= 0.3 is 35.8 Å². The molecule has 0 spiro atoms. The van der Waals surface area contributed by atoms with Crippen molar-refractivity contribution in [2.45, 2.75) is 241 Å². The molecule has 9 unspecified atom stereocenters. The predicted octanol–water partition coefficient (Wildman–Crippen LogP) is 10.4. The first-order valence-corrected chi connectivity index (χ1v) is 26.5. The summed E-state index contributed by atoms with van der Waals surface area (Å²) < 4.78 is 32.5. The highest BCUT2D eigenvalue weighted by atomic mass is 16.6. The smallest absolute Gasteiger partial charge is 0.347 e. The zero-order valence-electron chi connectivity index (χ0n) is 44.4. The number of aliphatic hydroxyl groups is 1. The molecule has 68 heavy (non-hydrogen) atoms. The van der Waals surface area contributed by atoms with Crippen molar-refractivity contribution in [3.05, 3.63) is 0 Å². The number of esters is 6. The minimum atomic E-state index is -0.687. The van der Waals surface area contributed by atoms with Crippen molar-refractivity contribution >= 4 is 35.8 Å². The minimum Gasteiger partial charge on any atom is -0.463 e. The van der Waals surface area contributed by atoms with Crippen LogP contribution in [0.15, 0.2) is 0 Å². The second-order valence-corrected chi connectivity index (χ2v) is 24.9. The molecule has 9 rings (SSSR count). The van der Waals surface area contributed by atoms with E-state index in [2.05, 4.69) is 20.8 Å². The number of cyclic esters (lactones) is 1. The highest BCUT2D eigenvalue weighted by Gasteiger charge is 2.64. The molecule has 0 aromatic rings. The van der Waals surface area contributed by atoms with E-state index in [-0.39, 0.29) is 70.5 Å². The predicted molar refractivity (Wildman–Crippen MR) is 256 cm³/mol. The summed E-state index contributed by atoms with van der Waals surface area (Å²) in [5, 5.41) is 10.6. The number of hydrogen-bond donors (Lipinski definition) is 1. The van der Waals surface area contributed by atoms with E-state index < -0.39 is 28.5 Å². The third-order valence-corrected chi connectivity index (χ3v) is 17.8. The molecule has 9 atom stereocenters. The fourth-order valence-corrected chi connectivity index (χ4v) is 11.8. The van der Waals surface area contributed by atoms with Crippen molar-refractivity contribution in [1.82, 2.24) is 0 Å². The van der Waals surface area contributed by atoms with Gasteiger partial charge in [0.15, 0.2) is 0 Å². The zero-order chi connectivity index (χ0) is 50.8. The molecular weight excluding hydrogens is 869 g/mol. The van der Waals surface area contributed by atoms with Gasteiger partial charge in [-0.1, -0.05) is 54.4 Å². The van der Waals surface area contributed by atoms with E-state index in [0.29, 0.717) is 55.5 Å². The van der Waals surface area contributed by atoms with Crippen LogP contribution in [0.4, 0.5) is 0 Å². The lowest BCUT2D eigenvalue weighted by atomic mass is 9.52. The van der Waals surface area contributed by atoms with Crippen LogP contribution < -0.4 is 0 Å². The van der Waals surface area contributed by atoms with Crippen LogP contribution in [-0.2, 0) is 57.2 Å². The first-order valence-electron chi connectivity index (χ1n) is 26.5. The summed E-state index contributed by atoms with van der Waals surface area (Å²) in [6.45, 7) is 28.0. The van der Waals surface area contributed by atoms with E-state index in [1.54, 1.807) is 13.8 Å². The topological polar surface area (TPSA) is 178 Å². The van der Waals surface area contributed by atoms with Crippen LogP contribution in [0.5, 0.6) is 0 Å². The van der Waals surface area contributed by atoms with E-state index in [4.69, 9.17) is 28.4 Å². The second-order valence-electron chi connectivity index (χ2n) is 24.9. The highest BCUT2D eigenvalue weighted by molar-refractivity contribution is 5.83. The summed E-state index contributed by atoms with van der Waals surface area (Å²) in [5.41, 5.74) is -2.53. The van der Waals surface area contributed by atoms with Gasteiger partial charge < -0.3 is 33.5 Å². The standard InChI is InChI=1S/C16H30O2.C15H24O3.C14H20O4.C10H16O4/c1-7-15(3,4)14(17)18-16(5,6)13-10-8-12(2)9-11-13;1-3-10(2)13(16)18-15-7-11-4-12(8-15)6-14(17,5-11)9-15;1-4-14(2,3)13(16)18-10-7-5-8-9(6-7)12(15)17-11(8)10;1-4-10(2,3)9(12)14-7-5-6-13-8(7)11/h12-13H,7-11H2,1-6H3;10-12,17H,3-9H2,1-2H3;7-11H,4-6H2,1-3H3;7H,4-6H2,1-3H3. The molecule has 1 N–H and O–H groups in total. The molecule has 2 saturated heterocycles. The Labute approximate surface area is 408 Å². The Hall–Kier alpha value is -3.22. The van der Waals surface area contributed by atoms with Gasteiger partial charge in [-0.25, -0.2) is 4.79 Å². The average molecular weight is 959 g/mol. The van der Waals surface area contributed by atoms with Gasteiger partial charge in [0.2, 0.25) is 6.10 Å². The molecule has 2 heterocycles. The summed E-state index contributed by atoms with van der Waals surface area (Å²) in [7, 11) is 0. The van der Waals surface area contributed by atoms with E-state index in [9.17, 15) is 33.9 Å². The Kier molecular flexibility index (Phi) is 17.7. The average Bonchev–Trinajstić information content (AvgIpc) is 4.02. The van der Waals surface area contributed by atoms with Crippen LogP contribution in [0.25, 0.3) is 0 Å². The number of rotatable bonds is 13. The molecule has 6 bridgehead atoms. The molecule has 0 aromatic heterocycles. The maximum atomic E-state index is 12.2. The first-order chi connectivity index (χ1) is 31.5. The molecule has 0 radical (unpaired) electrons. The van der Waals surface area contributed by atoms with Crippen molar-refractivity contribution in [3.8, 4) is 0 Å². The summed E-state index contributed by atoms with van der Waals surface area (Å²) in [4.78, 5) is 70.6. The van der Waals surface area contributed by atoms with Crippen molar-refractivity contribution in [3.63, 3.8) is 0 Å². The Morgan fingerprint density at radius 2 is 1.26 bits per heavy atom. The third kappa shape index (κ3) is 13.0. The SMILES string of the molecule is CCC(C)(C)C(=O)OC(C)(C)C1CCC(C)CC1.CCC(C)(C)C(=O)OC1C2CC3C(=O)OC1C3C2.CCC(C)(C)C(=O)OC1CCOC1=O.CCC(C)C(=O)OC12CC3CC(CC(O)(C3)C1)C2. The molecular formula is C55H90O13. The molecule has 388 valence electrons. The maximum Gasteiger partial charge on any atom is 0.347 e. The first kappa shape index (κ1) is 55.7. The van der Waals surface area contributed by atoms with Gasteiger partial charge in [0, 0.05) is 24.7 Å². The normalized spacial score (nSPS) is 34.7. The van der Waals surface area contributed by atoms with Crippen LogP contribution in [0.2, 0.25) is 0 Å². The summed E-state index contributed by atoms with van der Waals surface area (Å²) in [6.07, 6.45) is 14.9. The number of carbonyl (C=O) groups is 6. The fraction of sp³-hybridized carbons (Fsp3) is 0.891. The quantitative estimate of drug-likeness (QED) is 0.136. The second kappa shape index (κ2) is 21.6. The molecule has 2 aliphatic heterocycles. The molecule has 13 heteroatoms. The van der Waals surface area contributed by atoms with E-state index in [1.165, 1.54) is 32.1 Å². The van der Waals surface area contributed by atoms with Crippen molar-refractivity contribution < 1.29 is 62.3 Å². The molecule has 9 aliphatic rings. The van der Waals surface area contributed by atoms with Gasteiger partial charge in [-0.05, 0) is 163 Å². The van der Waals surface area contributed by atoms with Crippen LogP contribution in [0.3, 0.4) is 0 Å². The van der Waals surface area contributed by atoms with Gasteiger partial charge in [-0.3, -0.25) is 24.0 Å². The lowest BCUT2D eigenvalue weighted by Crippen LogP contribution is -2.60. The minimum absolute atomic E-state index is 0.0207. The van der Waals surface area contributed by atoms with Gasteiger partial charge in [0.05, 0.1) is 40.3 Å². The maximum absolute atomic E-state index is 12.2. The Bertz CT molecular complexity index is 1790. The Morgan fingerprint density at radius 1 is 0.721 bits per heavy atom. The Balaban J connectivity index is 0.000000170. The fourth-order valence-electron chi connectivity index (χ4n) is 11.8. The van der Waals surface area contributed by atoms with Gasteiger partial charge in [0.1, 0.15) is 23.4 Å². The lowest BCUT2D eigenvalue weighted by molar-refractivity contribution is -0.222. The molecule has 13 nitrogen and oxygen atoms in total. The van der Waals surface area contributed by atoms with E-state index in [1.807, 2.05) is 62.3 Å². The van der Waals surface area contributed by atoms with Crippen LogP contribution in [0.1, 0.15) is 206 Å². The highest BCUT2D eigenvalue weighted by Crippen LogP contribution is 2.59. The molecule has 9 fully saturated rings. The van der Waals surface area contributed by atoms with Crippen molar-refractivity contribution in [2.24, 2.45) is 63.6 Å². The largest absolute Gasteiger partial charge is 0.463 e. The van der Waals surface area contributed by atoms with Crippen molar-refractivity contribution in [1.29, 1.82) is 0 Å².